The van der Waals surface area contributed by atoms with Gasteiger partial charge in [-0.15, -0.1) is 23.2 Å². The maximum atomic E-state index is 14.2. The van der Waals surface area contributed by atoms with E-state index in [1.807, 2.05) is 0 Å². The molecule has 0 spiro atoms. The topological polar surface area (TPSA) is 116 Å². The first kappa shape index (κ1) is 25.4. The predicted octanol–water partition coefficient (Wildman–Crippen LogP) is 2.40. The molecule has 2 fully saturated rings. The van der Waals surface area contributed by atoms with Crippen molar-refractivity contribution >= 4 is 40.7 Å². The van der Waals surface area contributed by atoms with E-state index in [1.54, 1.807) is 12.1 Å². The molecular formula is C26H21Cl2FN4O6. The van der Waals surface area contributed by atoms with E-state index in [9.17, 15) is 28.7 Å². The third kappa shape index (κ3) is 3.08. The molecule has 3 heterocycles. The van der Waals surface area contributed by atoms with Crippen molar-refractivity contribution in [2.75, 3.05) is 12.0 Å². The van der Waals surface area contributed by atoms with Crippen molar-refractivity contribution in [3.8, 4) is 11.5 Å². The zero-order valence-corrected chi connectivity index (χ0v) is 22.1. The summed E-state index contributed by atoms with van der Waals surface area (Å²) < 4.78 is 22.3. The van der Waals surface area contributed by atoms with Crippen LogP contribution in [0.15, 0.2) is 63.7 Å². The van der Waals surface area contributed by atoms with Gasteiger partial charge < -0.3 is 9.84 Å². The van der Waals surface area contributed by atoms with Crippen molar-refractivity contribution < 1.29 is 23.8 Å². The van der Waals surface area contributed by atoms with E-state index in [0.29, 0.717) is 5.57 Å². The van der Waals surface area contributed by atoms with Crippen molar-refractivity contribution in [1.29, 1.82) is 0 Å². The molecule has 2 amide bonds. The Morgan fingerprint density at radius 2 is 1.72 bits per heavy atom. The van der Waals surface area contributed by atoms with Crippen molar-refractivity contribution in [3.05, 3.63) is 86.5 Å². The third-order valence-electron chi connectivity index (χ3n) is 7.92. The number of ether oxygens (including phenoxy) is 1. The van der Waals surface area contributed by atoms with Crippen molar-refractivity contribution in [2.45, 2.75) is 34.7 Å². The molecule has 39 heavy (non-hydrogen) atoms. The molecule has 0 radical (unpaired) electrons. The SMILES string of the molecule is COc1cccc([C@H]2C3=CCn4c(=O)n(C)c(=O)n4[C@@H]3C[C@@]3(Cl)C(=O)N(c4ccc(F)cc4)C(=O)[C@@]23Cl)c1O. The minimum atomic E-state index is -2.17. The largest absolute Gasteiger partial charge is 0.504 e. The van der Waals surface area contributed by atoms with Gasteiger partial charge in [-0.2, -0.15) is 0 Å². The van der Waals surface area contributed by atoms with Crippen LogP contribution in [-0.4, -0.2) is 47.7 Å². The minimum absolute atomic E-state index is 0.0198. The number of imide groups is 1. The number of alkyl halides is 2. The van der Waals surface area contributed by atoms with Crippen molar-refractivity contribution in [2.24, 2.45) is 7.05 Å². The first-order valence-corrected chi connectivity index (χ1v) is 12.7. The molecule has 10 nitrogen and oxygen atoms in total. The standard InChI is InChI=1S/C26H21Cl2FN4O6/c1-30-23(37)31-11-10-15-17(33(31)24(30)38)12-25(27)21(35)32(14-8-6-13(29)7-9-14)22(36)26(25,28)19(15)16-4-3-5-18(39-2)20(16)34/h3-10,17,19,34H,11-12H2,1-2H3/t17-,19-,25-,26+/m1/s1. The second-order valence-corrected chi connectivity index (χ2v) is 11.0. The van der Waals surface area contributed by atoms with Crippen LogP contribution >= 0.6 is 23.2 Å². The van der Waals surface area contributed by atoms with Gasteiger partial charge in [0.05, 0.1) is 25.4 Å². The van der Waals surface area contributed by atoms with E-state index < -0.39 is 50.7 Å². The maximum Gasteiger partial charge on any atom is 0.347 e. The molecule has 1 aliphatic carbocycles. The summed E-state index contributed by atoms with van der Waals surface area (Å²) in [5.74, 6) is -3.77. The fraction of sp³-hybridized carbons (Fsp3) is 0.308. The number of methoxy groups -OCH3 is 1. The number of fused-ring (bicyclic) bond motifs is 4. The average Bonchev–Trinajstić information content (AvgIpc) is 3.23. The molecule has 0 unspecified atom stereocenters. The molecule has 1 N–H and O–H groups in total. The summed E-state index contributed by atoms with van der Waals surface area (Å²) >= 11 is 14.4. The van der Waals surface area contributed by atoms with E-state index in [0.717, 1.165) is 21.6 Å². The van der Waals surface area contributed by atoms with Gasteiger partial charge in [0.15, 0.2) is 21.2 Å². The van der Waals surface area contributed by atoms with Crippen LogP contribution in [0.1, 0.15) is 23.9 Å². The molecule has 2 aliphatic heterocycles. The number of hydrogen-bond acceptors (Lipinski definition) is 6. The number of phenols is 1. The first-order chi connectivity index (χ1) is 18.5. The number of para-hydroxylation sites is 1. The molecule has 3 aliphatic rings. The van der Waals surface area contributed by atoms with Crippen LogP contribution in [0.5, 0.6) is 11.5 Å². The number of hydrogen-bond donors (Lipinski definition) is 1. The second-order valence-electron chi connectivity index (χ2n) is 9.74. The smallest absolute Gasteiger partial charge is 0.347 e. The van der Waals surface area contributed by atoms with Crippen LogP contribution in [0.3, 0.4) is 0 Å². The predicted molar refractivity (Wildman–Crippen MR) is 139 cm³/mol. The summed E-state index contributed by atoms with van der Waals surface area (Å²) in [4.78, 5) is 50.6. The number of benzene rings is 2. The number of nitrogens with zero attached hydrogens (tertiary/aromatic N) is 4. The van der Waals surface area contributed by atoms with E-state index in [1.165, 1.54) is 47.8 Å². The minimum Gasteiger partial charge on any atom is -0.504 e. The lowest BCUT2D eigenvalue weighted by molar-refractivity contribution is -0.122. The lowest BCUT2D eigenvalue weighted by atomic mass is 9.64. The van der Waals surface area contributed by atoms with Gasteiger partial charge in [-0.05, 0) is 35.9 Å². The van der Waals surface area contributed by atoms with Crippen LogP contribution in [-0.2, 0) is 23.2 Å². The van der Waals surface area contributed by atoms with Crippen LogP contribution in [0, 0.1) is 5.82 Å². The zero-order chi connectivity index (χ0) is 28.0. The van der Waals surface area contributed by atoms with Gasteiger partial charge in [0, 0.05) is 24.9 Å². The molecule has 1 saturated carbocycles. The fourth-order valence-electron chi connectivity index (χ4n) is 6.05. The van der Waals surface area contributed by atoms with Gasteiger partial charge >= 0.3 is 11.4 Å². The molecular weight excluding hydrogens is 554 g/mol. The lowest BCUT2D eigenvalue weighted by Crippen LogP contribution is -2.59. The highest BCUT2D eigenvalue weighted by atomic mass is 35.5. The lowest BCUT2D eigenvalue weighted by Gasteiger charge is -2.49. The number of allylic oxidation sites excluding steroid dienone is 2. The van der Waals surface area contributed by atoms with Crippen LogP contribution in [0.4, 0.5) is 10.1 Å². The number of carbonyl (C=O) groups excluding carboxylic acids is 2. The van der Waals surface area contributed by atoms with Gasteiger partial charge in [0.25, 0.3) is 11.8 Å². The van der Waals surface area contributed by atoms with Crippen LogP contribution in [0.2, 0.25) is 0 Å². The average molecular weight is 575 g/mol. The van der Waals surface area contributed by atoms with Gasteiger partial charge in [0.2, 0.25) is 0 Å². The molecule has 202 valence electrons. The summed E-state index contributed by atoms with van der Waals surface area (Å²) in [6.07, 6.45) is 1.35. The summed E-state index contributed by atoms with van der Waals surface area (Å²) in [6.45, 7) is -0.0198. The highest BCUT2D eigenvalue weighted by Gasteiger charge is 2.76. The maximum absolute atomic E-state index is 14.2. The molecule has 6 rings (SSSR count). The molecule has 4 atom stereocenters. The first-order valence-electron chi connectivity index (χ1n) is 11.9. The molecule has 2 aromatic carbocycles. The molecule has 13 heteroatoms. The van der Waals surface area contributed by atoms with Crippen LogP contribution < -0.4 is 21.0 Å². The number of aromatic hydroxyl groups is 1. The number of aromatic nitrogens is 3. The van der Waals surface area contributed by atoms with E-state index in [4.69, 9.17) is 27.9 Å². The Morgan fingerprint density at radius 3 is 2.38 bits per heavy atom. The van der Waals surface area contributed by atoms with Gasteiger partial charge in [-0.3, -0.25) is 9.59 Å². The third-order valence-corrected chi connectivity index (χ3v) is 9.33. The number of anilines is 1. The van der Waals surface area contributed by atoms with E-state index in [-0.39, 0.29) is 35.7 Å². The van der Waals surface area contributed by atoms with Crippen LogP contribution in [0.25, 0.3) is 0 Å². The monoisotopic (exact) mass is 574 g/mol. The molecule has 3 aromatic rings. The Kier molecular flexibility index (Phi) is 5.44. The Hall–Kier alpha value is -3.83. The van der Waals surface area contributed by atoms with Gasteiger partial charge in [-0.1, -0.05) is 18.2 Å². The quantitative estimate of drug-likeness (QED) is 0.292. The molecule has 1 aromatic heterocycles. The highest BCUT2D eigenvalue weighted by Crippen LogP contribution is 2.64. The summed E-state index contributed by atoms with van der Waals surface area (Å²) in [5, 5.41) is 11.2. The van der Waals surface area contributed by atoms with Gasteiger partial charge in [-0.25, -0.2) is 32.8 Å². The highest BCUT2D eigenvalue weighted by molar-refractivity contribution is 6.58. The zero-order valence-electron chi connectivity index (χ0n) is 20.6. The number of amides is 2. The Bertz CT molecular complexity index is 1730. The van der Waals surface area contributed by atoms with Crippen molar-refractivity contribution in [1.82, 2.24) is 13.9 Å². The summed E-state index contributed by atoms with van der Waals surface area (Å²) in [6, 6.07) is 8.37. The van der Waals surface area contributed by atoms with E-state index in [2.05, 4.69) is 0 Å². The second kappa shape index (κ2) is 8.33. The van der Waals surface area contributed by atoms with Crippen molar-refractivity contribution in [3.63, 3.8) is 0 Å². The number of rotatable bonds is 3. The summed E-state index contributed by atoms with van der Waals surface area (Å²) in [5.41, 5.74) is -0.574. The number of carbonyl (C=O) groups is 2. The summed E-state index contributed by atoms with van der Waals surface area (Å²) in [7, 11) is 2.69. The number of halogens is 3. The normalized spacial score (nSPS) is 27.6. The fourth-order valence-corrected chi connectivity index (χ4v) is 6.96. The van der Waals surface area contributed by atoms with Gasteiger partial charge in [0.1, 0.15) is 5.82 Å². The Labute approximate surface area is 230 Å². The Balaban J connectivity index is 1.65. The molecule has 0 bridgehead atoms. The van der Waals surface area contributed by atoms with E-state index >= 15 is 0 Å². The number of phenolic OH excluding ortho intramolecular Hbond substituents is 1. The molecule has 1 saturated heterocycles. The Morgan fingerprint density at radius 1 is 1.03 bits per heavy atom.